The molecule has 0 fully saturated rings. The van der Waals surface area contributed by atoms with E-state index in [1.165, 1.54) is 0 Å². The molecule has 4 heteroatoms. The maximum atomic E-state index is 11.2. The molecule has 0 saturated carbocycles. The number of ether oxygens (including phenoxy) is 1. The molecule has 86 valence electrons. The number of nitrogens with one attached hydrogen (secondary N) is 1. The number of anilines is 1. The minimum atomic E-state index is -0.587. The Morgan fingerprint density at radius 1 is 1.50 bits per heavy atom. The Bertz CT molecular complexity index is 388. The lowest BCUT2D eigenvalue weighted by atomic mass is 10.1. The number of carbonyl (C=O) groups excluding carboxylic acids is 1. The minimum Gasteiger partial charge on any atom is -0.495 e. The Labute approximate surface area is 95.1 Å². The van der Waals surface area contributed by atoms with Crippen LogP contribution in [0.3, 0.4) is 0 Å². The van der Waals surface area contributed by atoms with Gasteiger partial charge in [0.1, 0.15) is 11.8 Å². The van der Waals surface area contributed by atoms with Gasteiger partial charge in [-0.1, -0.05) is 18.7 Å². The van der Waals surface area contributed by atoms with Crippen LogP contribution in [0.15, 0.2) is 36.4 Å². The van der Waals surface area contributed by atoms with Gasteiger partial charge in [-0.25, -0.2) is 0 Å². The van der Waals surface area contributed by atoms with Gasteiger partial charge in [-0.15, -0.1) is 0 Å². The highest BCUT2D eigenvalue weighted by Gasteiger charge is 2.16. The van der Waals surface area contributed by atoms with E-state index in [0.717, 1.165) is 5.69 Å². The third-order valence-electron chi connectivity index (χ3n) is 2.18. The van der Waals surface area contributed by atoms with Gasteiger partial charge < -0.3 is 15.8 Å². The van der Waals surface area contributed by atoms with Gasteiger partial charge in [-0.3, -0.25) is 4.79 Å². The zero-order valence-corrected chi connectivity index (χ0v) is 9.49. The molecule has 1 amide bonds. The molecule has 4 nitrogen and oxygen atoms in total. The van der Waals surface area contributed by atoms with Crippen LogP contribution in [0.4, 0.5) is 5.69 Å². The molecule has 1 unspecified atom stereocenters. The second-order valence-corrected chi connectivity index (χ2v) is 3.53. The van der Waals surface area contributed by atoms with Crippen LogP contribution in [0.2, 0.25) is 0 Å². The van der Waals surface area contributed by atoms with Crippen molar-refractivity contribution >= 4 is 11.6 Å². The Morgan fingerprint density at radius 2 is 2.12 bits per heavy atom. The van der Waals surface area contributed by atoms with Crippen molar-refractivity contribution in [1.29, 1.82) is 0 Å². The summed E-state index contributed by atoms with van der Waals surface area (Å²) in [4.78, 5) is 11.2. The number of carbonyl (C=O) groups is 1. The highest BCUT2D eigenvalue weighted by Crippen LogP contribution is 2.24. The van der Waals surface area contributed by atoms with E-state index in [9.17, 15) is 4.79 Å². The molecule has 0 aliphatic heterocycles. The van der Waals surface area contributed by atoms with E-state index in [1.54, 1.807) is 20.1 Å². The number of primary amides is 1. The lowest BCUT2D eigenvalue weighted by Gasteiger charge is -2.18. The number of nitrogens with two attached hydrogens (primary N) is 1. The highest BCUT2D eigenvalue weighted by atomic mass is 16.5. The average molecular weight is 220 g/mol. The smallest absolute Gasteiger partial charge is 0.244 e. The Kier molecular flexibility index (Phi) is 3.94. The standard InChI is InChI=1S/C12H16N2O2/c1-8(2)11(12(13)15)14-9-6-4-5-7-10(9)16-3/h4-7,11,14H,1H2,2-3H3,(H2,13,15). The number of hydrogen-bond acceptors (Lipinski definition) is 3. The molecule has 0 radical (unpaired) electrons. The number of methoxy groups -OCH3 is 1. The maximum Gasteiger partial charge on any atom is 0.244 e. The molecule has 0 aliphatic rings. The van der Waals surface area contributed by atoms with Crippen molar-refractivity contribution in [1.82, 2.24) is 0 Å². The fourth-order valence-corrected chi connectivity index (χ4v) is 1.36. The zero-order valence-electron chi connectivity index (χ0n) is 9.49. The Hall–Kier alpha value is -1.97. The average Bonchev–Trinajstić information content (AvgIpc) is 2.25. The van der Waals surface area contributed by atoms with Crippen LogP contribution in [-0.4, -0.2) is 19.1 Å². The molecule has 0 aromatic heterocycles. The summed E-state index contributed by atoms with van der Waals surface area (Å²) in [5, 5.41) is 3.00. The van der Waals surface area contributed by atoms with Gasteiger partial charge in [0.25, 0.3) is 0 Å². The Balaban J connectivity index is 2.93. The fourth-order valence-electron chi connectivity index (χ4n) is 1.36. The first-order valence-corrected chi connectivity index (χ1v) is 4.90. The summed E-state index contributed by atoms with van der Waals surface area (Å²) >= 11 is 0. The van der Waals surface area contributed by atoms with E-state index < -0.39 is 11.9 Å². The van der Waals surface area contributed by atoms with Crippen LogP contribution in [0.1, 0.15) is 6.92 Å². The summed E-state index contributed by atoms with van der Waals surface area (Å²) in [6.45, 7) is 5.47. The van der Waals surface area contributed by atoms with Gasteiger partial charge in [0.05, 0.1) is 12.8 Å². The van der Waals surface area contributed by atoms with Crippen molar-refractivity contribution in [2.45, 2.75) is 13.0 Å². The van der Waals surface area contributed by atoms with E-state index >= 15 is 0 Å². The predicted molar refractivity (Wildman–Crippen MR) is 64.4 cm³/mol. The van der Waals surface area contributed by atoms with Gasteiger partial charge in [-0.2, -0.15) is 0 Å². The lowest BCUT2D eigenvalue weighted by molar-refractivity contribution is -0.118. The van der Waals surface area contributed by atoms with E-state index in [0.29, 0.717) is 11.3 Å². The summed E-state index contributed by atoms with van der Waals surface area (Å²) in [5.74, 6) is 0.202. The topological polar surface area (TPSA) is 64.3 Å². The van der Waals surface area contributed by atoms with Crippen molar-refractivity contribution in [3.63, 3.8) is 0 Å². The summed E-state index contributed by atoms with van der Waals surface area (Å²) in [5.41, 5.74) is 6.66. The largest absolute Gasteiger partial charge is 0.495 e. The van der Waals surface area contributed by atoms with Gasteiger partial charge in [0.15, 0.2) is 0 Å². The van der Waals surface area contributed by atoms with Crippen molar-refractivity contribution in [2.75, 3.05) is 12.4 Å². The van der Waals surface area contributed by atoms with Gasteiger partial charge in [0.2, 0.25) is 5.91 Å². The van der Waals surface area contributed by atoms with E-state index in [4.69, 9.17) is 10.5 Å². The number of amides is 1. The summed E-state index contributed by atoms with van der Waals surface area (Å²) in [7, 11) is 1.57. The molecule has 1 aromatic carbocycles. The molecular weight excluding hydrogens is 204 g/mol. The van der Waals surface area contributed by atoms with Crippen LogP contribution in [0.5, 0.6) is 5.75 Å². The normalized spacial score (nSPS) is 11.6. The number of para-hydroxylation sites is 2. The molecule has 0 saturated heterocycles. The monoisotopic (exact) mass is 220 g/mol. The second kappa shape index (κ2) is 5.21. The first-order valence-electron chi connectivity index (χ1n) is 4.90. The third-order valence-corrected chi connectivity index (χ3v) is 2.18. The van der Waals surface area contributed by atoms with Crippen molar-refractivity contribution < 1.29 is 9.53 Å². The van der Waals surface area contributed by atoms with Crippen LogP contribution >= 0.6 is 0 Å². The summed E-state index contributed by atoms with van der Waals surface area (Å²) < 4.78 is 5.16. The van der Waals surface area contributed by atoms with Gasteiger partial charge in [0, 0.05) is 0 Å². The van der Waals surface area contributed by atoms with E-state index in [1.807, 2.05) is 18.2 Å². The molecule has 3 N–H and O–H groups in total. The molecule has 1 atom stereocenters. The number of hydrogen-bond donors (Lipinski definition) is 2. The third kappa shape index (κ3) is 2.76. The van der Waals surface area contributed by atoms with Gasteiger partial charge >= 0.3 is 0 Å². The molecule has 1 rings (SSSR count). The van der Waals surface area contributed by atoms with Crippen molar-refractivity contribution in [3.05, 3.63) is 36.4 Å². The predicted octanol–water partition coefficient (Wildman–Crippen LogP) is 1.54. The molecule has 0 spiro atoms. The maximum absolute atomic E-state index is 11.2. The molecule has 1 aromatic rings. The SMILES string of the molecule is C=C(C)C(Nc1ccccc1OC)C(N)=O. The van der Waals surface area contributed by atoms with Crippen molar-refractivity contribution in [3.8, 4) is 5.75 Å². The minimum absolute atomic E-state index is 0.460. The molecule has 0 bridgehead atoms. The lowest BCUT2D eigenvalue weighted by Crippen LogP contribution is -2.36. The molecular formula is C12H16N2O2. The highest BCUT2D eigenvalue weighted by molar-refractivity contribution is 5.86. The molecule has 16 heavy (non-hydrogen) atoms. The van der Waals surface area contributed by atoms with Crippen LogP contribution in [0.25, 0.3) is 0 Å². The van der Waals surface area contributed by atoms with E-state index in [-0.39, 0.29) is 0 Å². The van der Waals surface area contributed by atoms with Crippen LogP contribution in [0, 0.1) is 0 Å². The summed E-state index contributed by atoms with van der Waals surface area (Å²) in [6.07, 6.45) is 0. The first-order chi connectivity index (χ1) is 7.56. The zero-order chi connectivity index (χ0) is 12.1. The van der Waals surface area contributed by atoms with E-state index in [2.05, 4.69) is 11.9 Å². The van der Waals surface area contributed by atoms with Crippen LogP contribution < -0.4 is 15.8 Å². The first kappa shape index (κ1) is 12.1. The fraction of sp³-hybridized carbons (Fsp3) is 0.250. The van der Waals surface area contributed by atoms with Crippen LogP contribution in [-0.2, 0) is 4.79 Å². The van der Waals surface area contributed by atoms with Gasteiger partial charge in [-0.05, 0) is 24.6 Å². The van der Waals surface area contributed by atoms with Crippen molar-refractivity contribution in [2.24, 2.45) is 5.73 Å². The number of benzene rings is 1. The second-order valence-electron chi connectivity index (χ2n) is 3.53. The molecule has 0 heterocycles. The number of rotatable bonds is 5. The summed E-state index contributed by atoms with van der Waals surface area (Å²) in [6, 6.07) is 6.73. The Morgan fingerprint density at radius 3 is 2.62 bits per heavy atom. The molecule has 0 aliphatic carbocycles. The quantitative estimate of drug-likeness (QED) is 0.740.